The Bertz CT molecular complexity index is 926. The number of hydrogen-bond acceptors (Lipinski definition) is 3. The number of nitrogens with one attached hydrogen (secondary N) is 1. The van der Waals surface area contributed by atoms with Crippen molar-refractivity contribution in [1.82, 2.24) is 0 Å². The maximum atomic E-state index is 12.3. The summed E-state index contributed by atoms with van der Waals surface area (Å²) < 4.78 is 5.14. The minimum atomic E-state index is -0.509. The van der Waals surface area contributed by atoms with Gasteiger partial charge in [0.15, 0.2) is 5.76 Å². The van der Waals surface area contributed by atoms with Gasteiger partial charge in [-0.1, -0.05) is 44.2 Å². The lowest BCUT2D eigenvalue weighted by Crippen LogP contribution is -2.15. The summed E-state index contributed by atoms with van der Waals surface area (Å²) in [4.78, 5) is 24.3. The Morgan fingerprint density at radius 2 is 1.83 bits per heavy atom. The van der Waals surface area contributed by atoms with Gasteiger partial charge in [0.25, 0.3) is 5.91 Å². The number of fused-ring (bicyclic) bond motifs is 1. The molecule has 1 amide bonds. The van der Waals surface area contributed by atoms with Gasteiger partial charge in [-0.2, -0.15) is 0 Å². The molecule has 0 aliphatic heterocycles. The number of carbonyl (C=O) groups excluding carboxylic acids is 1. The zero-order valence-electron chi connectivity index (χ0n) is 13.7. The molecule has 1 heterocycles. The van der Waals surface area contributed by atoms with Gasteiger partial charge in [-0.05, 0) is 47.6 Å². The highest BCUT2D eigenvalue weighted by atomic mass is 16.4. The molecule has 1 aromatic heterocycles. The highest BCUT2D eigenvalue weighted by Gasteiger charge is 2.12. The second kappa shape index (κ2) is 6.71. The molecule has 0 radical (unpaired) electrons. The third-order valence-electron chi connectivity index (χ3n) is 4.24. The lowest BCUT2D eigenvalue weighted by atomic mass is 9.99. The fourth-order valence-corrected chi connectivity index (χ4v) is 2.57. The van der Waals surface area contributed by atoms with Gasteiger partial charge in [0.2, 0.25) is 0 Å². The van der Waals surface area contributed by atoms with E-state index in [0.29, 0.717) is 22.4 Å². The second-order valence-electron chi connectivity index (χ2n) is 5.87. The Balaban J connectivity index is 1.83. The first-order valence-corrected chi connectivity index (χ1v) is 8.02. The van der Waals surface area contributed by atoms with Crippen LogP contribution in [0.15, 0.2) is 63.8 Å². The van der Waals surface area contributed by atoms with Crippen molar-refractivity contribution in [2.45, 2.75) is 26.2 Å². The largest absolute Gasteiger partial charge is 0.417 e. The van der Waals surface area contributed by atoms with Crippen LogP contribution in [0.2, 0.25) is 0 Å². The second-order valence-corrected chi connectivity index (χ2v) is 5.87. The molecule has 3 aromatic rings. The van der Waals surface area contributed by atoms with E-state index >= 15 is 0 Å². The fourth-order valence-electron chi connectivity index (χ4n) is 2.57. The smallest absolute Gasteiger partial charge is 0.344 e. The average molecular weight is 321 g/mol. The van der Waals surface area contributed by atoms with Crippen LogP contribution < -0.4 is 10.9 Å². The molecule has 4 heteroatoms. The molecule has 1 atom stereocenters. The van der Waals surface area contributed by atoms with Gasteiger partial charge in [0, 0.05) is 5.69 Å². The summed E-state index contributed by atoms with van der Waals surface area (Å²) in [6, 6.07) is 16.3. The van der Waals surface area contributed by atoms with Crippen LogP contribution in [-0.2, 0) is 0 Å². The maximum Gasteiger partial charge on any atom is 0.344 e. The summed E-state index contributed by atoms with van der Waals surface area (Å²) in [7, 11) is 0. The third kappa shape index (κ3) is 3.23. The van der Waals surface area contributed by atoms with E-state index in [4.69, 9.17) is 4.42 Å². The van der Waals surface area contributed by atoms with Crippen molar-refractivity contribution < 1.29 is 9.21 Å². The summed E-state index contributed by atoms with van der Waals surface area (Å²) in [5, 5.41) is 3.91. The first kappa shape index (κ1) is 16.0. The standard InChI is InChI=1S/C20H19NO3/c1-3-13(2)14-8-10-16(11-9-14)21-19(22)18-12-15-6-4-5-7-17(15)20(23)24-18/h4-13H,3H2,1-2H3,(H,21,22)/t13-/m1/s1. The van der Waals surface area contributed by atoms with Crippen LogP contribution in [0.5, 0.6) is 0 Å². The Kier molecular flexibility index (Phi) is 4.47. The predicted molar refractivity (Wildman–Crippen MR) is 95.6 cm³/mol. The molecule has 0 bridgehead atoms. The first-order chi connectivity index (χ1) is 11.6. The van der Waals surface area contributed by atoms with Crippen LogP contribution >= 0.6 is 0 Å². The number of amides is 1. The molecule has 0 unspecified atom stereocenters. The molecule has 122 valence electrons. The average Bonchev–Trinajstić information content (AvgIpc) is 2.61. The molecule has 0 saturated heterocycles. The molecule has 1 N–H and O–H groups in total. The SMILES string of the molecule is CC[C@@H](C)c1ccc(NC(=O)c2cc3ccccc3c(=O)o2)cc1. The van der Waals surface area contributed by atoms with Gasteiger partial charge in [-0.25, -0.2) is 4.79 Å². The van der Waals surface area contributed by atoms with Crippen molar-refractivity contribution in [3.05, 3.63) is 76.3 Å². The number of carbonyl (C=O) groups is 1. The zero-order chi connectivity index (χ0) is 17.1. The Morgan fingerprint density at radius 3 is 2.54 bits per heavy atom. The van der Waals surface area contributed by atoms with E-state index in [-0.39, 0.29) is 5.76 Å². The van der Waals surface area contributed by atoms with Crippen LogP contribution in [0.1, 0.15) is 42.3 Å². The third-order valence-corrected chi connectivity index (χ3v) is 4.24. The van der Waals surface area contributed by atoms with E-state index in [2.05, 4.69) is 19.2 Å². The van der Waals surface area contributed by atoms with E-state index in [0.717, 1.165) is 6.42 Å². The Labute approximate surface area is 140 Å². The summed E-state index contributed by atoms with van der Waals surface area (Å²) in [6.45, 7) is 4.30. The molecule has 24 heavy (non-hydrogen) atoms. The minimum absolute atomic E-state index is 0.00435. The molecule has 0 fully saturated rings. The van der Waals surface area contributed by atoms with E-state index in [1.54, 1.807) is 24.3 Å². The van der Waals surface area contributed by atoms with Crippen LogP contribution in [-0.4, -0.2) is 5.91 Å². The van der Waals surface area contributed by atoms with Crippen LogP contribution in [0.4, 0.5) is 5.69 Å². The van der Waals surface area contributed by atoms with Gasteiger partial charge in [0.1, 0.15) is 0 Å². The van der Waals surface area contributed by atoms with Crippen LogP contribution in [0, 0.1) is 0 Å². The van der Waals surface area contributed by atoms with E-state index in [9.17, 15) is 9.59 Å². The number of anilines is 1. The molecule has 0 saturated carbocycles. The number of hydrogen-bond donors (Lipinski definition) is 1. The molecular formula is C20H19NO3. The highest BCUT2D eigenvalue weighted by molar-refractivity contribution is 6.03. The van der Waals surface area contributed by atoms with Crippen LogP contribution in [0.3, 0.4) is 0 Å². The van der Waals surface area contributed by atoms with Gasteiger partial charge >= 0.3 is 5.63 Å². The number of benzene rings is 2. The zero-order valence-corrected chi connectivity index (χ0v) is 13.7. The van der Waals surface area contributed by atoms with Crippen molar-refractivity contribution in [2.75, 3.05) is 5.32 Å². The van der Waals surface area contributed by atoms with Gasteiger partial charge < -0.3 is 9.73 Å². The topological polar surface area (TPSA) is 59.3 Å². The molecule has 0 aliphatic carbocycles. The summed E-state index contributed by atoms with van der Waals surface area (Å²) in [5.41, 5.74) is 1.39. The molecule has 4 nitrogen and oxygen atoms in total. The first-order valence-electron chi connectivity index (χ1n) is 8.02. The van der Waals surface area contributed by atoms with Crippen LogP contribution in [0.25, 0.3) is 10.8 Å². The van der Waals surface area contributed by atoms with Crippen molar-refractivity contribution in [3.8, 4) is 0 Å². The normalized spacial score (nSPS) is 12.1. The van der Waals surface area contributed by atoms with Gasteiger partial charge in [-0.3, -0.25) is 4.79 Å². The van der Waals surface area contributed by atoms with E-state index in [1.165, 1.54) is 5.56 Å². The molecular weight excluding hydrogens is 302 g/mol. The van der Waals surface area contributed by atoms with Crippen molar-refractivity contribution in [2.24, 2.45) is 0 Å². The maximum absolute atomic E-state index is 12.3. The Hall–Kier alpha value is -2.88. The monoisotopic (exact) mass is 321 g/mol. The number of rotatable bonds is 4. The lowest BCUT2D eigenvalue weighted by molar-refractivity contribution is 0.0993. The summed E-state index contributed by atoms with van der Waals surface area (Å²) >= 11 is 0. The van der Waals surface area contributed by atoms with Crippen molar-refractivity contribution in [3.63, 3.8) is 0 Å². The van der Waals surface area contributed by atoms with Crippen molar-refractivity contribution >= 4 is 22.4 Å². The summed E-state index contributed by atoms with van der Waals surface area (Å²) in [6.07, 6.45) is 1.06. The lowest BCUT2D eigenvalue weighted by Gasteiger charge is -2.10. The summed E-state index contributed by atoms with van der Waals surface area (Å²) in [5.74, 6) is 0.0482. The van der Waals surface area contributed by atoms with Gasteiger partial charge in [-0.15, -0.1) is 0 Å². The quantitative estimate of drug-likeness (QED) is 0.766. The predicted octanol–water partition coefficient (Wildman–Crippen LogP) is 4.56. The fraction of sp³-hybridized carbons (Fsp3) is 0.200. The Morgan fingerprint density at radius 1 is 1.12 bits per heavy atom. The highest BCUT2D eigenvalue weighted by Crippen LogP contribution is 2.21. The minimum Gasteiger partial charge on any atom is -0.417 e. The molecule has 0 aliphatic rings. The van der Waals surface area contributed by atoms with E-state index in [1.807, 2.05) is 30.3 Å². The molecule has 2 aromatic carbocycles. The molecule has 0 spiro atoms. The van der Waals surface area contributed by atoms with Gasteiger partial charge in [0.05, 0.1) is 5.39 Å². The molecule has 3 rings (SSSR count). The van der Waals surface area contributed by atoms with Crippen molar-refractivity contribution in [1.29, 1.82) is 0 Å². The van der Waals surface area contributed by atoms with E-state index < -0.39 is 11.5 Å².